The standard InChI is InChI=1S/C24H26N2O3S/c1-3-18-26(19-20-10-6-4-7-11-20)24(27)21-14-16-23(17-15-21)30(28,29)25(2)22-12-8-5-9-13-22/h4-17H,3,18-19H2,1-2H3. The molecule has 0 aliphatic rings. The van der Waals surface area contributed by atoms with E-state index in [0.717, 1.165) is 12.0 Å². The van der Waals surface area contributed by atoms with Gasteiger partial charge in [0.2, 0.25) is 0 Å². The fourth-order valence-corrected chi connectivity index (χ4v) is 4.41. The van der Waals surface area contributed by atoms with Crippen LogP contribution in [0.25, 0.3) is 0 Å². The molecule has 0 radical (unpaired) electrons. The summed E-state index contributed by atoms with van der Waals surface area (Å²) in [5.74, 6) is -0.110. The zero-order valence-corrected chi connectivity index (χ0v) is 18.0. The second kappa shape index (κ2) is 9.59. The van der Waals surface area contributed by atoms with Gasteiger partial charge < -0.3 is 4.90 Å². The van der Waals surface area contributed by atoms with Crippen LogP contribution in [0, 0.1) is 0 Å². The van der Waals surface area contributed by atoms with Gasteiger partial charge in [-0.3, -0.25) is 9.10 Å². The number of amides is 1. The van der Waals surface area contributed by atoms with Gasteiger partial charge in [-0.2, -0.15) is 0 Å². The molecule has 3 aromatic rings. The van der Waals surface area contributed by atoms with E-state index in [0.29, 0.717) is 24.3 Å². The first-order chi connectivity index (χ1) is 14.4. The highest BCUT2D eigenvalue weighted by Crippen LogP contribution is 2.22. The zero-order valence-electron chi connectivity index (χ0n) is 17.2. The molecule has 0 heterocycles. The van der Waals surface area contributed by atoms with Gasteiger partial charge in [-0.15, -0.1) is 0 Å². The Balaban J connectivity index is 1.80. The van der Waals surface area contributed by atoms with Crippen LogP contribution in [0.3, 0.4) is 0 Å². The monoisotopic (exact) mass is 422 g/mol. The molecule has 0 spiro atoms. The molecule has 0 unspecified atom stereocenters. The summed E-state index contributed by atoms with van der Waals surface area (Å²) in [5.41, 5.74) is 2.11. The summed E-state index contributed by atoms with van der Waals surface area (Å²) in [4.78, 5) is 15.0. The second-order valence-electron chi connectivity index (χ2n) is 7.04. The molecule has 0 aromatic heterocycles. The Morgan fingerprint density at radius 1 is 0.833 bits per heavy atom. The number of anilines is 1. The van der Waals surface area contributed by atoms with E-state index < -0.39 is 10.0 Å². The first kappa shape index (κ1) is 21.6. The Hall–Kier alpha value is -3.12. The molecule has 0 saturated heterocycles. The summed E-state index contributed by atoms with van der Waals surface area (Å²) >= 11 is 0. The van der Waals surface area contributed by atoms with Gasteiger partial charge >= 0.3 is 0 Å². The maximum Gasteiger partial charge on any atom is 0.264 e. The maximum atomic E-state index is 13.0. The number of para-hydroxylation sites is 1. The Labute approximate surface area is 178 Å². The Kier molecular flexibility index (Phi) is 6.90. The molecule has 0 fully saturated rings. The van der Waals surface area contributed by atoms with Crippen molar-refractivity contribution in [3.63, 3.8) is 0 Å². The van der Waals surface area contributed by atoms with E-state index >= 15 is 0 Å². The fourth-order valence-electron chi connectivity index (χ4n) is 3.21. The molecule has 0 atom stereocenters. The van der Waals surface area contributed by atoms with Crippen LogP contribution in [0.5, 0.6) is 0 Å². The van der Waals surface area contributed by atoms with Gasteiger partial charge in [0.15, 0.2) is 0 Å². The van der Waals surface area contributed by atoms with Crippen molar-refractivity contribution in [3.8, 4) is 0 Å². The Morgan fingerprint density at radius 3 is 1.97 bits per heavy atom. The number of hydrogen-bond acceptors (Lipinski definition) is 3. The smallest absolute Gasteiger partial charge is 0.264 e. The quantitative estimate of drug-likeness (QED) is 0.535. The van der Waals surface area contributed by atoms with Crippen LogP contribution >= 0.6 is 0 Å². The molecule has 0 aliphatic carbocycles. The van der Waals surface area contributed by atoms with Gasteiger partial charge in [0.05, 0.1) is 10.6 Å². The van der Waals surface area contributed by atoms with Gasteiger partial charge in [-0.1, -0.05) is 55.5 Å². The fraction of sp³-hybridized carbons (Fsp3) is 0.208. The largest absolute Gasteiger partial charge is 0.334 e. The lowest BCUT2D eigenvalue weighted by molar-refractivity contribution is 0.0743. The van der Waals surface area contributed by atoms with E-state index in [9.17, 15) is 13.2 Å². The van der Waals surface area contributed by atoms with Crippen LogP contribution in [0.1, 0.15) is 29.3 Å². The average molecular weight is 423 g/mol. The summed E-state index contributed by atoms with van der Waals surface area (Å²) in [6.45, 7) is 3.18. The third-order valence-corrected chi connectivity index (χ3v) is 6.68. The molecule has 3 rings (SSSR count). The molecule has 0 bridgehead atoms. The van der Waals surface area contributed by atoms with Crippen molar-refractivity contribution in [1.29, 1.82) is 0 Å². The lowest BCUT2D eigenvalue weighted by Gasteiger charge is -2.23. The average Bonchev–Trinajstić information content (AvgIpc) is 2.79. The first-order valence-electron chi connectivity index (χ1n) is 9.90. The van der Waals surface area contributed by atoms with Crippen molar-refractivity contribution in [3.05, 3.63) is 96.1 Å². The maximum absolute atomic E-state index is 13.0. The molecule has 30 heavy (non-hydrogen) atoms. The predicted octanol–water partition coefficient (Wildman–Crippen LogP) is 4.56. The van der Waals surface area contributed by atoms with E-state index in [1.54, 1.807) is 41.3 Å². The minimum absolute atomic E-state index is 0.110. The molecular weight excluding hydrogens is 396 g/mol. The molecule has 5 nitrogen and oxygen atoms in total. The topological polar surface area (TPSA) is 57.7 Å². The highest BCUT2D eigenvalue weighted by atomic mass is 32.2. The molecule has 156 valence electrons. The van der Waals surface area contributed by atoms with Crippen molar-refractivity contribution < 1.29 is 13.2 Å². The van der Waals surface area contributed by atoms with Crippen molar-refractivity contribution in [1.82, 2.24) is 4.90 Å². The molecule has 0 saturated carbocycles. The second-order valence-corrected chi connectivity index (χ2v) is 9.01. The third-order valence-electron chi connectivity index (χ3n) is 4.88. The van der Waals surface area contributed by atoms with Crippen molar-refractivity contribution in [2.24, 2.45) is 0 Å². The minimum atomic E-state index is -3.71. The van der Waals surface area contributed by atoms with Crippen LogP contribution in [0.15, 0.2) is 89.8 Å². The van der Waals surface area contributed by atoms with Crippen LogP contribution in [0.4, 0.5) is 5.69 Å². The van der Waals surface area contributed by atoms with Gasteiger partial charge in [-0.25, -0.2) is 8.42 Å². The number of carbonyl (C=O) groups excluding carboxylic acids is 1. The summed E-state index contributed by atoms with van der Waals surface area (Å²) in [7, 11) is -2.18. The molecular formula is C24H26N2O3S. The van der Waals surface area contributed by atoms with E-state index in [2.05, 4.69) is 0 Å². The van der Waals surface area contributed by atoms with E-state index in [4.69, 9.17) is 0 Å². The summed E-state index contributed by atoms with van der Waals surface area (Å²) in [6.07, 6.45) is 0.840. The Bertz CT molecular complexity index is 1070. The minimum Gasteiger partial charge on any atom is -0.334 e. The number of carbonyl (C=O) groups is 1. The predicted molar refractivity (Wildman–Crippen MR) is 120 cm³/mol. The normalized spacial score (nSPS) is 11.1. The van der Waals surface area contributed by atoms with Gasteiger partial charge in [-0.05, 0) is 48.4 Å². The van der Waals surface area contributed by atoms with E-state index in [1.165, 1.54) is 23.5 Å². The number of hydrogen-bond donors (Lipinski definition) is 0. The number of benzene rings is 3. The van der Waals surface area contributed by atoms with Crippen molar-refractivity contribution in [2.45, 2.75) is 24.8 Å². The van der Waals surface area contributed by atoms with E-state index in [1.807, 2.05) is 43.3 Å². The van der Waals surface area contributed by atoms with Gasteiger partial charge in [0, 0.05) is 25.7 Å². The molecule has 6 heteroatoms. The zero-order chi connectivity index (χ0) is 21.6. The van der Waals surface area contributed by atoms with Crippen LogP contribution in [-0.4, -0.2) is 32.8 Å². The van der Waals surface area contributed by atoms with Crippen molar-refractivity contribution in [2.75, 3.05) is 17.9 Å². The first-order valence-corrected chi connectivity index (χ1v) is 11.3. The molecule has 3 aromatic carbocycles. The van der Waals surface area contributed by atoms with Gasteiger partial charge in [0.25, 0.3) is 15.9 Å². The number of sulfonamides is 1. The summed E-state index contributed by atoms with van der Waals surface area (Å²) in [6, 6.07) is 24.9. The summed E-state index contributed by atoms with van der Waals surface area (Å²) in [5, 5.41) is 0. The SMILES string of the molecule is CCCN(Cc1ccccc1)C(=O)c1ccc(S(=O)(=O)N(C)c2ccccc2)cc1. The van der Waals surface area contributed by atoms with Crippen molar-refractivity contribution >= 4 is 21.6 Å². The third kappa shape index (κ3) is 4.89. The highest BCUT2D eigenvalue weighted by molar-refractivity contribution is 7.92. The Morgan fingerprint density at radius 2 is 1.40 bits per heavy atom. The lowest BCUT2D eigenvalue weighted by atomic mass is 10.1. The highest BCUT2D eigenvalue weighted by Gasteiger charge is 2.22. The van der Waals surface area contributed by atoms with E-state index in [-0.39, 0.29) is 10.8 Å². The van der Waals surface area contributed by atoms with Crippen LogP contribution in [-0.2, 0) is 16.6 Å². The van der Waals surface area contributed by atoms with Gasteiger partial charge in [0.1, 0.15) is 0 Å². The molecule has 0 aliphatic heterocycles. The van der Waals surface area contributed by atoms with Crippen LogP contribution in [0.2, 0.25) is 0 Å². The van der Waals surface area contributed by atoms with Crippen LogP contribution < -0.4 is 4.31 Å². The number of nitrogens with zero attached hydrogens (tertiary/aromatic N) is 2. The molecule has 1 amide bonds. The summed E-state index contributed by atoms with van der Waals surface area (Å²) < 4.78 is 27.1. The number of rotatable bonds is 8. The molecule has 0 N–H and O–H groups in total. The lowest BCUT2D eigenvalue weighted by Crippen LogP contribution is -2.31.